The van der Waals surface area contributed by atoms with Crippen LogP contribution in [-0.4, -0.2) is 38.0 Å². The van der Waals surface area contributed by atoms with E-state index in [2.05, 4.69) is 10.6 Å². The van der Waals surface area contributed by atoms with E-state index >= 15 is 0 Å². The monoisotopic (exact) mass is 294 g/mol. The van der Waals surface area contributed by atoms with Gasteiger partial charge in [-0.1, -0.05) is 6.07 Å². The predicted molar refractivity (Wildman–Crippen MR) is 75.2 cm³/mol. The Morgan fingerprint density at radius 1 is 1.38 bits per heavy atom. The van der Waals surface area contributed by atoms with E-state index < -0.39 is 6.17 Å². The van der Waals surface area contributed by atoms with Gasteiger partial charge in [-0.25, -0.2) is 4.39 Å². The molecule has 6 heteroatoms. The number of amides is 1. The summed E-state index contributed by atoms with van der Waals surface area (Å²) < 4.78 is 23.5. The highest BCUT2D eigenvalue weighted by molar-refractivity contribution is 5.76. The van der Waals surface area contributed by atoms with Crippen LogP contribution in [0.2, 0.25) is 0 Å². The van der Waals surface area contributed by atoms with E-state index in [0.29, 0.717) is 32.4 Å². The van der Waals surface area contributed by atoms with Gasteiger partial charge in [0.25, 0.3) is 0 Å². The van der Waals surface area contributed by atoms with Crippen molar-refractivity contribution in [3.05, 3.63) is 23.8 Å². The van der Waals surface area contributed by atoms with Crippen LogP contribution in [0.15, 0.2) is 18.2 Å². The van der Waals surface area contributed by atoms with Crippen LogP contribution in [0.3, 0.4) is 0 Å². The first-order valence-corrected chi connectivity index (χ1v) is 7.23. The lowest BCUT2D eigenvalue weighted by atomic mass is 10.1. The molecule has 2 N–H and O–H groups in total. The standard InChI is InChI=1S/C15H19FN2O3/c16-11-6-12(17-7-11)8-18-15(19)4-2-10-1-3-13-14(5-10)21-9-20-13/h1,3,5,11-12,17H,2,4,6-9H2,(H,18,19)/t11-,12-/m0/s1. The molecule has 2 atom stereocenters. The van der Waals surface area contributed by atoms with E-state index in [1.807, 2.05) is 18.2 Å². The Bertz CT molecular complexity index is 524. The average molecular weight is 294 g/mol. The molecule has 1 fully saturated rings. The van der Waals surface area contributed by atoms with Crippen molar-refractivity contribution < 1.29 is 18.7 Å². The first-order chi connectivity index (χ1) is 10.2. The molecule has 0 unspecified atom stereocenters. The van der Waals surface area contributed by atoms with Crippen molar-refractivity contribution in [2.75, 3.05) is 19.9 Å². The Hall–Kier alpha value is -1.82. The van der Waals surface area contributed by atoms with Gasteiger partial charge in [0.1, 0.15) is 6.17 Å². The summed E-state index contributed by atoms with van der Waals surface area (Å²) >= 11 is 0. The second-order valence-corrected chi connectivity index (χ2v) is 5.43. The first kappa shape index (κ1) is 14.1. The molecule has 0 bridgehead atoms. The molecule has 1 saturated heterocycles. The molecule has 2 heterocycles. The van der Waals surface area contributed by atoms with E-state index in [1.165, 1.54) is 0 Å². The van der Waals surface area contributed by atoms with Crippen molar-refractivity contribution in [3.63, 3.8) is 0 Å². The van der Waals surface area contributed by atoms with Crippen LogP contribution in [0.5, 0.6) is 11.5 Å². The van der Waals surface area contributed by atoms with Crippen molar-refractivity contribution in [2.45, 2.75) is 31.5 Å². The van der Waals surface area contributed by atoms with Crippen LogP contribution < -0.4 is 20.1 Å². The third-order valence-electron chi connectivity index (χ3n) is 3.79. The predicted octanol–water partition coefficient (Wildman–Crippen LogP) is 1.16. The molecule has 1 aromatic carbocycles. The summed E-state index contributed by atoms with van der Waals surface area (Å²) in [6.07, 6.45) is 0.737. The molecule has 0 aromatic heterocycles. The quantitative estimate of drug-likeness (QED) is 0.856. The lowest BCUT2D eigenvalue weighted by molar-refractivity contribution is -0.121. The fraction of sp³-hybridized carbons (Fsp3) is 0.533. The number of hydrogen-bond donors (Lipinski definition) is 2. The Morgan fingerprint density at radius 2 is 2.24 bits per heavy atom. The van der Waals surface area contributed by atoms with Crippen LogP contribution in [-0.2, 0) is 11.2 Å². The van der Waals surface area contributed by atoms with Gasteiger partial charge in [-0.2, -0.15) is 0 Å². The Labute approximate surface area is 122 Å². The highest BCUT2D eigenvalue weighted by Crippen LogP contribution is 2.32. The molecular formula is C15H19FN2O3. The van der Waals surface area contributed by atoms with Crippen LogP contribution >= 0.6 is 0 Å². The summed E-state index contributed by atoms with van der Waals surface area (Å²) in [4.78, 5) is 11.8. The Morgan fingerprint density at radius 3 is 3.05 bits per heavy atom. The van der Waals surface area contributed by atoms with Gasteiger partial charge in [0, 0.05) is 25.6 Å². The van der Waals surface area contributed by atoms with Crippen LogP contribution in [0, 0.1) is 0 Å². The van der Waals surface area contributed by atoms with Crippen molar-refractivity contribution in [2.24, 2.45) is 0 Å². The number of carbonyl (C=O) groups excluding carboxylic acids is 1. The van der Waals surface area contributed by atoms with Crippen molar-refractivity contribution >= 4 is 5.91 Å². The van der Waals surface area contributed by atoms with Gasteiger partial charge >= 0.3 is 0 Å². The zero-order valence-electron chi connectivity index (χ0n) is 11.7. The van der Waals surface area contributed by atoms with E-state index in [1.54, 1.807) is 0 Å². The fourth-order valence-electron chi connectivity index (χ4n) is 2.61. The van der Waals surface area contributed by atoms with E-state index in [-0.39, 0.29) is 18.7 Å². The molecule has 2 aliphatic heterocycles. The molecule has 3 rings (SSSR count). The molecule has 0 radical (unpaired) electrons. The summed E-state index contributed by atoms with van der Waals surface area (Å²) in [6.45, 7) is 1.13. The van der Waals surface area contributed by atoms with Gasteiger partial charge in [-0.05, 0) is 30.5 Å². The smallest absolute Gasteiger partial charge is 0.231 e. The zero-order chi connectivity index (χ0) is 14.7. The maximum atomic E-state index is 13.0. The van der Waals surface area contributed by atoms with E-state index in [9.17, 15) is 9.18 Å². The summed E-state index contributed by atoms with van der Waals surface area (Å²) in [5.41, 5.74) is 1.04. The summed E-state index contributed by atoms with van der Waals surface area (Å²) in [7, 11) is 0. The Balaban J connectivity index is 1.41. The summed E-state index contributed by atoms with van der Waals surface area (Å²) in [6, 6.07) is 5.75. The number of fused-ring (bicyclic) bond motifs is 1. The largest absolute Gasteiger partial charge is 0.454 e. The Kier molecular flexibility index (Phi) is 4.24. The van der Waals surface area contributed by atoms with Crippen LogP contribution in [0.1, 0.15) is 18.4 Å². The fourth-order valence-corrected chi connectivity index (χ4v) is 2.61. The van der Waals surface area contributed by atoms with E-state index in [4.69, 9.17) is 9.47 Å². The number of alkyl halides is 1. The second-order valence-electron chi connectivity index (χ2n) is 5.43. The number of aryl methyl sites for hydroxylation is 1. The van der Waals surface area contributed by atoms with Gasteiger partial charge in [-0.15, -0.1) is 0 Å². The lowest BCUT2D eigenvalue weighted by Crippen LogP contribution is -2.37. The second kappa shape index (κ2) is 6.30. The van der Waals surface area contributed by atoms with E-state index in [0.717, 1.165) is 17.1 Å². The molecule has 2 aliphatic rings. The zero-order valence-corrected chi connectivity index (χ0v) is 11.7. The van der Waals surface area contributed by atoms with Crippen molar-refractivity contribution in [1.82, 2.24) is 10.6 Å². The van der Waals surface area contributed by atoms with Crippen LogP contribution in [0.25, 0.3) is 0 Å². The van der Waals surface area contributed by atoms with Gasteiger partial charge in [0.2, 0.25) is 12.7 Å². The molecule has 114 valence electrons. The normalized spacial score (nSPS) is 23.3. The summed E-state index contributed by atoms with van der Waals surface area (Å²) in [5.74, 6) is 1.46. The molecule has 5 nitrogen and oxygen atoms in total. The lowest BCUT2D eigenvalue weighted by Gasteiger charge is -2.11. The topological polar surface area (TPSA) is 59.6 Å². The molecule has 21 heavy (non-hydrogen) atoms. The number of carbonyl (C=O) groups is 1. The number of nitrogens with one attached hydrogen (secondary N) is 2. The minimum Gasteiger partial charge on any atom is -0.454 e. The van der Waals surface area contributed by atoms with Gasteiger partial charge < -0.3 is 20.1 Å². The molecule has 0 saturated carbocycles. The third-order valence-corrected chi connectivity index (χ3v) is 3.79. The minimum absolute atomic E-state index is 0.0169. The number of hydrogen-bond acceptors (Lipinski definition) is 4. The van der Waals surface area contributed by atoms with Gasteiger partial charge in [0.15, 0.2) is 11.5 Å². The SMILES string of the molecule is O=C(CCc1ccc2c(c1)OCO2)NC[C@@H]1C[C@H](F)CN1. The molecule has 1 aromatic rings. The molecule has 0 aliphatic carbocycles. The summed E-state index contributed by atoms with van der Waals surface area (Å²) in [5, 5.41) is 5.89. The molecule has 1 amide bonds. The number of ether oxygens (including phenoxy) is 2. The minimum atomic E-state index is -0.791. The van der Waals surface area contributed by atoms with Crippen molar-refractivity contribution in [1.29, 1.82) is 0 Å². The van der Waals surface area contributed by atoms with Crippen molar-refractivity contribution in [3.8, 4) is 11.5 Å². The highest BCUT2D eigenvalue weighted by Gasteiger charge is 2.23. The number of benzene rings is 1. The third kappa shape index (κ3) is 3.64. The molecule has 0 spiro atoms. The van der Waals surface area contributed by atoms with Gasteiger partial charge in [0.05, 0.1) is 0 Å². The maximum Gasteiger partial charge on any atom is 0.231 e. The molecular weight excluding hydrogens is 275 g/mol. The number of halogens is 1. The van der Waals surface area contributed by atoms with Crippen LogP contribution in [0.4, 0.5) is 4.39 Å². The highest BCUT2D eigenvalue weighted by atomic mass is 19.1. The first-order valence-electron chi connectivity index (χ1n) is 7.23. The van der Waals surface area contributed by atoms with Gasteiger partial charge in [-0.3, -0.25) is 4.79 Å². The average Bonchev–Trinajstić information content (AvgIpc) is 3.10. The number of rotatable bonds is 5. The maximum absolute atomic E-state index is 13.0.